The van der Waals surface area contributed by atoms with Crippen molar-refractivity contribution in [3.8, 4) is 5.75 Å². The van der Waals surface area contributed by atoms with Gasteiger partial charge in [-0.15, -0.1) is 0 Å². The van der Waals surface area contributed by atoms with Crippen LogP contribution in [0.2, 0.25) is 0 Å². The van der Waals surface area contributed by atoms with E-state index >= 15 is 0 Å². The molecule has 1 aromatic rings. The molecule has 114 valence electrons. The summed E-state index contributed by atoms with van der Waals surface area (Å²) in [4.78, 5) is 0. The van der Waals surface area contributed by atoms with Gasteiger partial charge in [0, 0.05) is 13.0 Å². The van der Waals surface area contributed by atoms with Crippen LogP contribution in [0.3, 0.4) is 0 Å². The van der Waals surface area contributed by atoms with Crippen molar-refractivity contribution in [1.29, 1.82) is 0 Å². The van der Waals surface area contributed by atoms with Crippen LogP contribution >= 0.6 is 0 Å². The molecule has 0 spiro atoms. The first kappa shape index (κ1) is 17.0. The third-order valence-electron chi connectivity index (χ3n) is 3.63. The van der Waals surface area contributed by atoms with Crippen LogP contribution in [-0.4, -0.2) is 17.8 Å². The highest BCUT2D eigenvalue weighted by atomic mass is 16.5. The van der Waals surface area contributed by atoms with E-state index in [4.69, 9.17) is 9.84 Å². The monoisotopic (exact) mass is 278 g/mol. The molecule has 0 aliphatic rings. The van der Waals surface area contributed by atoms with Crippen LogP contribution in [0.25, 0.3) is 0 Å². The Hall–Kier alpha value is -1.02. The lowest BCUT2D eigenvalue weighted by Gasteiger charge is -2.18. The number of aliphatic hydroxyl groups excluding tert-OH is 1. The molecule has 1 rings (SSSR count). The van der Waals surface area contributed by atoms with Crippen LogP contribution in [0.5, 0.6) is 5.75 Å². The standard InChI is InChI=1S/C18H30O2/c1-2-3-4-5-6-7-9-14-18(15-16-19)20-17-12-10-8-11-13-17/h8,10-13,18-19H,2-7,9,14-16H2,1H3. The summed E-state index contributed by atoms with van der Waals surface area (Å²) in [6.07, 6.45) is 11.1. The molecule has 0 bridgehead atoms. The highest BCUT2D eigenvalue weighted by Crippen LogP contribution is 2.17. The molecule has 20 heavy (non-hydrogen) atoms. The number of ether oxygens (including phenoxy) is 1. The first-order chi connectivity index (χ1) is 9.86. The lowest BCUT2D eigenvalue weighted by Crippen LogP contribution is -2.18. The van der Waals surface area contributed by atoms with Gasteiger partial charge >= 0.3 is 0 Å². The maximum absolute atomic E-state index is 9.13. The molecular formula is C18H30O2. The predicted octanol–water partition coefficient (Wildman–Crippen LogP) is 4.96. The molecule has 1 aromatic carbocycles. The van der Waals surface area contributed by atoms with Gasteiger partial charge in [-0.25, -0.2) is 0 Å². The van der Waals surface area contributed by atoms with Gasteiger partial charge in [-0.05, 0) is 25.0 Å². The van der Waals surface area contributed by atoms with Gasteiger partial charge in [-0.2, -0.15) is 0 Å². The number of para-hydroxylation sites is 1. The third kappa shape index (κ3) is 8.21. The van der Waals surface area contributed by atoms with Crippen LogP contribution in [-0.2, 0) is 0 Å². The Kier molecular flexibility index (Phi) is 10.0. The number of hydrogen-bond donors (Lipinski definition) is 1. The molecule has 0 heterocycles. The van der Waals surface area contributed by atoms with Crippen molar-refractivity contribution in [2.24, 2.45) is 0 Å². The summed E-state index contributed by atoms with van der Waals surface area (Å²) in [5.41, 5.74) is 0. The fraction of sp³-hybridized carbons (Fsp3) is 0.667. The summed E-state index contributed by atoms with van der Waals surface area (Å²) in [5.74, 6) is 0.911. The Morgan fingerprint density at radius 2 is 1.55 bits per heavy atom. The van der Waals surface area contributed by atoms with E-state index in [-0.39, 0.29) is 12.7 Å². The molecule has 0 radical (unpaired) electrons. The summed E-state index contributed by atoms with van der Waals surface area (Å²) >= 11 is 0. The molecule has 1 N–H and O–H groups in total. The highest BCUT2D eigenvalue weighted by Gasteiger charge is 2.09. The van der Waals surface area contributed by atoms with Crippen molar-refractivity contribution >= 4 is 0 Å². The highest BCUT2D eigenvalue weighted by molar-refractivity contribution is 5.21. The number of benzene rings is 1. The fourth-order valence-electron chi connectivity index (χ4n) is 2.43. The van der Waals surface area contributed by atoms with Crippen LogP contribution in [0.4, 0.5) is 0 Å². The largest absolute Gasteiger partial charge is 0.490 e. The van der Waals surface area contributed by atoms with Crippen LogP contribution in [0.15, 0.2) is 30.3 Å². The Balaban J connectivity index is 2.15. The molecule has 1 atom stereocenters. The predicted molar refractivity (Wildman–Crippen MR) is 85.2 cm³/mol. The van der Waals surface area contributed by atoms with Gasteiger partial charge in [0.25, 0.3) is 0 Å². The zero-order valence-corrected chi connectivity index (χ0v) is 12.9. The van der Waals surface area contributed by atoms with Crippen LogP contribution in [0.1, 0.15) is 64.7 Å². The van der Waals surface area contributed by atoms with Gasteiger partial charge in [-0.1, -0.05) is 63.6 Å². The van der Waals surface area contributed by atoms with Crippen molar-refractivity contribution in [3.63, 3.8) is 0 Å². The molecule has 0 aromatic heterocycles. The molecule has 0 fully saturated rings. The van der Waals surface area contributed by atoms with E-state index in [1.165, 1.54) is 44.9 Å². The van der Waals surface area contributed by atoms with E-state index < -0.39 is 0 Å². The summed E-state index contributed by atoms with van der Waals surface area (Å²) in [7, 11) is 0. The minimum absolute atomic E-state index is 0.151. The van der Waals surface area contributed by atoms with Gasteiger partial charge in [-0.3, -0.25) is 0 Å². The lowest BCUT2D eigenvalue weighted by atomic mass is 10.0. The fourth-order valence-corrected chi connectivity index (χ4v) is 2.43. The minimum atomic E-state index is 0.151. The van der Waals surface area contributed by atoms with Gasteiger partial charge in [0.05, 0.1) is 0 Å². The summed E-state index contributed by atoms with van der Waals surface area (Å²) in [6.45, 7) is 2.45. The van der Waals surface area contributed by atoms with E-state index in [1.54, 1.807) is 0 Å². The average Bonchev–Trinajstić information content (AvgIpc) is 2.47. The normalized spacial score (nSPS) is 12.3. The van der Waals surface area contributed by atoms with E-state index in [0.29, 0.717) is 0 Å². The second-order valence-corrected chi connectivity index (χ2v) is 5.48. The van der Waals surface area contributed by atoms with E-state index in [9.17, 15) is 0 Å². The molecule has 0 saturated carbocycles. The number of unbranched alkanes of at least 4 members (excludes halogenated alkanes) is 6. The quantitative estimate of drug-likeness (QED) is 0.548. The summed E-state index contributed by atoms with van der Waals surface area (Å²) < 4.78 is 5.94. The van der Waals surface area contributed by atoms with Gasteiger partial charge in [0.1, 0.15) is 11.9 Å². The third-order valence-corrected chi connectivity index (χ3v) is 3.63. The minimum Gasteiger partial charge on any atom is -0.490 e. The zero-order chi connectivity index (χ0) is 14.5. The average molecular weight is 278 g/mol. The van der Waals surface area contributed by atoms with Gasteiger partial charge in [0.2, 0.25) is 0 Å². The molecule has 0 aliphatic carbocycles. The molecule has 2 nitrogen and oxygen atoms in total. The Bertz CT molecular complexity index is 310. The molecule has 0 amide bonds. The zero-order valence-electron chi connectivity index (χ0n) is 12.9. The molecule has 1 unspecified atom stereocenters. The summed E-state index contributed by atoms with van der Waals surface area (Å²) in [6, 6.07) is 9.92. The maximum atomic E-state index is 9.13. The molecule has 0 saturated heterocycles. The van der Waals surface area contributed by atoms with E-state index in [0.717, 1.165) is 18.6 Å². The maximum Gasteiger partial charge on any atom is 0.119 e. The molecule has 0 aliphatic heterocycles. The first-order valence-electron chi connectivity index (χ1n) is 8.19. The van der Waals surface area contributed by atoms with Gasteiger partial charge < -0.3 is 9.84 Å². The van der Waals surface area contributed by atoms with Crippen molar-refractivity contribution in [1.82, 2.24) is 0 Å². The Morgan fingerprint density at radius 1 is 0.900 bits per heavy atom. The molecule has 2 heteroatoms. The van der Waals surface area contributed by atoms with Crippen LogP contribution in [0, 0.1) is 0 Å². The SMILES string of the molecule is CCCCCCCCCC(CCO)Oc1ccccc1. The Morgan fingerprint density at radius 3 is 2.20 bits per heavy atom. The van der Waals surface area contributed by atoms with Crippen LogP contribution < -0.4 is 4.74 Å². The van der Waals surface area contributed by atoms with E-state index in [2.05, 4.69) is 6.92 Å². The van der Waals surface area contributed by atoms with Crippen molar-refractivity contribution in [2.75, 3.05) is 6.61 Å². The topological polar surface area (TPSA) is 29.5 Å². The number of aliphatic hydroxyl groups is 1. The number of rotatable bonds is 12. The summed E-state index contributed by atoms with van der Waals surface area (Å²) in [5, 5.41) is 9.13. The Labute approximate surface area is 124 Å². The van der Waals surface area contributed by atoms with Crippen molar-refractivity contribution < 1.29 is 9.84 Å². The van der Waals surface area contributed by atoms with Crippen molar-refractivity contribution in [2.45, 2.75) is 70.8 Å². The van der Waals surface area contributed by atoms with Gasteiger partial charge in [0.15, 0.2) is 0 Å². The smallest absolute Gasteiger partial charge is 0.119 e. The van der Waals surface area contributed by atoms with E-state index in [1.807, 2.05) is 30.3 Å². The second-order valence-electron chi connectivity index (χ2n) is 5.48. The number of hydrogen-bond acceptors (Lipinski definition) is 2. The van der Waals surface area contributed by atoms with Crippen molar-refractivity contribution in [3.05, 3.63) is 30.3 Å². The lowest BCUT2D eigenvalue weighted by molar-refractivity contribution is 0.143. The second kappa shape index (κ2) is 11.8. The first-order valence-corrected chi connectivity index (χ1v) is 8.19. The molecular weight excluding hydrogens is 248 g/mol.